The van der Waals surface area contributed by atoms with Crippen LogP contribution in [0.15, 0.2) is 28.9 Å². The lowest BCUT2D eigenvalue weighted by Crippen LogP contribution is -2.46. The fourth-order valence-electron chi connectivity index (χ4n) is 3.65. The number of aromatic amines is 1. The highest BCUT2D eigenvalue weighted by Crippen LogP contribution is 2.27. The van der Waals surface area contributed by atoms with Gasteiger partial charge in [0.1, 0.15) is 5.69 Å². The van der Waals surface area contributed by atoms with E-state index in [0.717, 1.165) is 18.7 Å². The molecule has 0 bridgehead atoms. The van der Waals surface area contributed by atoms with Crippen LogP contribution in [-0.2, 0) is 0 Å². The molecule has 22 heavy (non-hydrogen) atoms. The van der Waals surface area contributed by atoms with E-state index in [0.29, 0.717) is 17.5 Å². The molecular weight excluding hydrogens is 280 g/mol. The molecule has 0 aromatic carbocycles. The Morgan fingerprint density at radius 1 is 1.36 bits per heavy atom. The van der Waals surface area contributed by atoms with Crippen molar-refractivity contribution in [3.63, 3.8) is 0 Å². The summed E-state index contributed by atoms with van der Waals surface area (Å²) in [5, 5.41) is 10.1. The van der Waals surface area contributed by atoms with Gasteiger partial charge < -0.3 is 9.73 Å². The minimum Gasteiger partial charge on any atom is -0.463 e. The zero-order chi connectivity index (χ0) is 14.9. The van der Waals surface area contributed by atoms with Gasteiger partial charge in [-0.2, -0.15) is 5.10 Å². The molecule has 0 saturated carbocycles. The third-order valence-corrected chi connectivity index (χ3v) is 4.77. The van der Waals surface area contributed by atoms with Crippen LogP contribution in [0.3, 0.4) is 0 Å². The van der Waals surface area contributed by atoms with Crippen LogP contribution in [0.4, 0.5) is 0 Å². The van der Waals surface area contributed by atoms with Gasteiger partial charge in [0, 0.05) is 24.7 Å². The molecule has 2 aliphatic rings. The lowest BCUT2D eigenvalue weighted by atomic mass is 9.99. The molecule has 6 nitrogen and oxygen atoms in total. The monoisotopic (exact) mass is 300 g/mol. The van der Waals surface area contributed by atoms with E-state index in [-0.39, 0.29) is 11.9 Å². The molecule has 2 aromatic rings. The van der Waals surface area contributed by atoms with Gasteiger partial charge in [-0.15, -0.1) is 0 Å². The quantitative estimate of drug-likeness (QED) is 0.909. The number of carbonyl (C=O) groups is 1. The van der Waals surface area contributed by atoms with Crippen LogP contribution in [0, 0.1) is 0 Å². The standard InChI is InChI=1S/C16H20N4O2/c21-16(13-10-12(18-19-13)15-5-3-9-22-15)17-11-6-8-20-7-2-1-4-14(11)20/h3,5,9-11,14H,1-2,4,6-8H2,(H,17,21)(H,18,19)/t11-,14+/m1/s1. The molecule has 116 valence electrons. The van der Waals surface area contributed by atoms with Crippen LogP contribution < -0.4 is 5.32 Å². The van der Waals surface area contributed by atoms with E-state index < -0.39 is 0 Å². The first kappa shape index (κ1) is 13.6. The third kappa shape index (κ3) is 2.43. The molecule has 6 heteroatoms. The van der Waals surface area contributed by atoms with E-state index in [4.69, 9.17) is 4.42 Å². The van der Waals surface area contributed by atoms with Crippen molar-refractivity contribution < 1.29 is 9.21 Å². The number of nitrogens with zero attached hydrogens (tertiary/aromatic N) is 2. The van der Waals surface area contributed by atoms with E-state index in [2.05, 4.69) is 20.4 Å². The molecule has 2 fully saturated rings. The van der Waals surface area contributed by atoms with E-state index >= 15 is 0 Å². The lowest BCUT2D eigenvalue weighted by Gasteiger charge is -2.32. The van der Waals surface area contributed by atoms with E-state index in [1.54, 1.807) is 12.3 Å². The third-order valence-electron chi connectivity index (χ3n) is 4.77. The molecule has 1 amide bonds. The van der Waals surface area contributed by atoms with Gasteiger partial charge in [-0.1, -0.05) is 6.42 Å². The Bertz CT molecular complexity index is 649. The van der Waals surface area contributed by atoms with Crippen LogP contribution in [-0.4, -0.2) is 46.2 Å². The summed E-state index contributed by atoms with van der Waals surface area (Å²) in [7, 11) is 0. The molecule has 2 saturated heterocycles. The molecule has 2 aromatic heterocycles. The Labute approximate surface area is 128 Å². The summed E-state index contributed by atoms with van der Waals surface area (Å²) >= 11 is 0. The fraction of sp³-hybridized carbons (Fsp3) is 0.500. The first-order valence-corrected chi connectivity index (χ1v) is 7.95. The Kier molecular flexibility index (Phi) is 3.46. The maximum atomic E-state index is 12.4. The Balaban J connectivity index is 1.44. The summed E-state index contributed by atoms with van der Waals surface area (Å²) in [6.45, 7) is 2.26. The van der Waals surface area contributed by atoms with Crippen molar-refractivity contribution in [2.45, 2.75) is 37.8 Å². The summed E-state index contributed by atoms with van der Waals surface area (Å²) in [4.78, 5) is 14.9. The number of piperidine rings is 1. The number of aromatic nitrogens is 2. The summed E-state index contributed by atoms with van der Waals surface area (Å²) in [6, 6.07) is 6.14. The van der Waals surface area contributed by atoms with Crippen LogP contribution >= 0.6 is 0 Å². The number of hydrogen-bond donors (Lipinski definition) is 2. The fourth-order valence-corrected chi connectivity index (χ4v) is 3.65. The SMILES string of the molecule is O=C(N[C@@H]1CCN2CCCC[C@@H]12)c1cc(-c2ccco2)[nH]n1. The second-order valence-electron chi connectivity index (χ2n) is 6.11. The van der Waals surface area contributed by atoms with Crippen molar-refractivity contribution >= 4 is 5.91 Å². The summed E-state index contributed by atoms with van der Waals surface area (Å²) in [6.07, 6.45) is 6.36. The maximum Gasteiger partial charge on any atom is 0.272 e. The van der Waals surface area contributed by atoms with Crippen LogP contribution in [0.5, 0.6) is 0 Å². The van der Waals surface area contributed by atoms with Crippen molar-refractivity contribution in [2.24, 2.45) is 0 Å². The molecule has 0 spiro atoms. The van der Waals surface area contributed by atoms with Crippen LogP contribution in [0.2, 0.25) is 0 Å². The van der Waals surface area contributed by atoms with Gasteiger partial charge in [0.25, 0.3) is 5.91 Å². The van der Waals surface area contributed by atoms with Crippen molar-refractivity contribution in [3.8, 4) is 11.5 Å². The molecular formula is C16H20N4O2. The van der Waals surface area contributed by atoms with Crippen LogP contribution in [0.1, 0.15) is 36.2 Å². The Morgan fingerprint density at radius 3 is 3.18 bits per heavy atom. The minimum absolute atomic E-state index is 0.105. The predicted octanol–water partition coefficient (Wildman–Crippen LogP) is 2.03. The number of furan rings is 1. The summed E-state index contributed by atoms with van der Waals surface area (Å²) < 4.78 is 5.31. The minimum atomic E-state index is -0.105. The highest BCUT2D eigenvalue weighted by molar-refractivity contribution is 5.93. The van der Waals surface area contributed by atoms with Gasteiger partial charge in [-0.05, 0) is 37.9 Å². The van der Waals surface area contributed by atoms with Crippen molar-refractivity contribution in [1.82, 2.24) is 20.4 Å². The average Bonchev–Trinajstić information content (AvgIpc) is 3.28. The number of nitrogens with one attached hydrogen (secondary N) is 2. The molecule has 0 aliphatic carbocycles. The largest absolute Gasteiger partial charge is 0.463 e. The molecule has 4 rings (SSSR count). The zero-order valence-corrected chi connectivity index (χ0v) is 12.4. The molecule has 2 aliphatic heterocycles. The summed E-state index contributed by atoms with van der Waals surface area (Å²) in [5.41, 5.74) is 1.14. The number of H-pyrrole nitrogens is 1. The average molecular weight is 300 g/mol. The Hall–Kier alpha value is -2.08. The van der Waals surface area contributed by atoms with Crippen LogP contribution in [0.25, 0.3) is 11.5 Å². The highest BCUT2D eigenvalue weighted by Gasteiger charge is 2.36. The smallest absolute Gasteiger partial charge is 0.272 e. The maximum absolute atomic E-state index is 12.4. The van der Waals surface area contributed by atoms with Gasteiger partial charge in [-0.25, -0.2) is 0 Å². The van der Waals surface area contributed by atoms with Gasteiger partial charge >= 0.3 is 0 Å². The number of carbonyl (C=O) groups excluding carboxylic acids is 1. The van der Waals surface area contributed by atoms with Gasteiger partial charge in [0.15, 0.2) is 11.5 Å². The van der Waals surface area contributed by atoms with Crippen molar-refractivity contribution in [2.75, 3.05) is 13.1 Å². The molecule has 2 N–H and O–H groups in total. The first-order chi connectivity index (χ1) is 10.8. The second-order valence-corrected chi connectivity index (χ2v) is 6.11. The lowest BCUT2D eigenvalue weighted by molar-refractivity contribution is 0.0910. The molecule has 4 heterocycles. The number of hydrogen-bond acceptors (Lipinski definition) is 4. The second kappa shape index (κ2) is 5.61. The van der Waals surface area contributed by atoms with Gasteiger partial charge in [0.2, 0.25) is 0 Å². The van der Waals surface area contributed by atoms with E-state index in [9.17, 15) is 4.79 Å². The topological polar surface area (TPSA) is 74.2 Å². The Morgan fingerprint density at radius 2 is 2.32 bits per heavy atom. The van der Waals surface area contributed by atoms with E-state index in [1.165, 1.54) is 25.8 Å². The molecule has 0 unspecified atom stereocenters. The van der Waals surface area contributed by atoms with Crippen molar-refractivity contribution in [3.05, 3.63) is 30.2 Å². The normalized spacial score (nSPS) is 25.1. The predicted molar refractivity (Wildman–Crippen MR) is 81.4 cm³/mol. The molecule has 0 radical (unpaired) electrons. The number of fused-ring (bicyclic) bond motifs is 1. The number of rotatable bonds is 3. The first-order valence-electron chi connectivity index (χ1n) is 7.95. The highest BCUT2D eigenvalue weighted by atomic mass is 16.3. The van der Waals surface area contributed by atoms with Gasteiger partial charge in [0.05, 0.1) is 6.26 Å². The summed E-state index contributed by atoms with van der Waals surface area (Å²) in [5.74, 6) is 0.581. The molecule has 2 atom stereocenters. The van der Waals surface area contributed by atoms with E-state index in [1.807, 2.05) is 12.1 Å². The zero-order valence-electron chi connectivity index (χ0n) is 12.4. The van der Waals surface area contributed by atoms with Crippen molar-refractivity contribution in [1.29, 1.82) is 0 Å². The van der Waals surface area contributed by atoms with Gasteiger partial charge in [-0.3, -0.25) is 14.8 Å². The number of amides is 1.